The van der Waals surface area contributed by atoms with Crippen molar-refractivity contribution >= 4 is 11.4 Å². The van der Waals surface area contributed by atoms with Crippen LogP contribution in [0.5, 0.6) is 0 Å². The number of aryl methyl sites for hydroxylation is 2. The Labute approximate surface area is 754 Å². The fourth-order valence-electron chi connectivity index (χ4n) is 18.5. The van der Waals surface area contributed by atoms with E-state index in [9.17, 15) is 5.53 Å². The van der Waals surface area contributed by atoms with Gasteiger partial charge in [0.05, 0.1) is 0 Å². The second kappa shape index (κ2) is 97.2. The molecular formula is C115H212N2Ni. The third-order valence-electron chi connectivity index (χ3n) is 26.4. The van der Waals surface area contributed by atoms with E-state index in [1.807, 2.05) is 0 Å². The van der Waals surface area contributed by atoms with E-state index in [4.69, 9.17) is 0 Å². The van der Waals surface area contributed by atoms with Crippen LogP contribution in [0, 0.1) is 13.8 Å². The summed E-state index contributed by atoms with van der Waals surface area (Å²) in [5.74, 6) is 0. The van der Waals surface area contributed by atoms with Crippen molar-refractivity contribution in [3.8, 4) is 0 Å². The van der Waals surface area contributed by atoms with Gasteiger partial charge < -0.3 is 19.4 Å². The zero-order valence-electron chi connectivity index (χ0n) is 81.6. The Bertz CT molecular complexity index is 2250. The van der Waals surface area contributed by atoms with Crippen molar-refractivity contribution in [2.75, 3.05) is 0 Å². The first-order chi connectivity index (χ1) is 58.0. The zero-order valence-corrected chi connectivity index (χ0v) is 82.6. The molecule has 3 heteroatoms. The van der Waals surface area contributed by atoms with Crippen molar-refractivity contribution in [3.05, 3.63) is 101 Å². The first-order valence-electron chi connectivity index (χ1n) is 54.7. The minimum Gasteiger partial charge on any atom is -0.493 e. The Balaban J connectivity index is 0.00000190. The van der Waals surface area contributed by atoms with Gasteiger partial charge in [0.25, 0.3) is 0 Å². The molecule has 0 saturated heterocycles. The summed E-state index contributed by atoms with van der Waals surface area (Å²) >= 11 is 0. The maximum absolute atomic E-state index is 12.3. The summed E-state index contributed by atoms with van der Waals surface area (Å²) < 4.78 is 1.62. The van der Waals surface area contributed by atoms with Crippen molar-refractivity contribution in [1.29, 1.82) is 0 Å². The molecule has 2 aromatic carbocycles. The maximum atomic E-state index is 12.3. The smallest absolute Gasteiger partial charge is 0.493 e. The molecule has 0 saturated carbocycles. The molecule has 692 valence electrons. The zero-order chi connectivity index (χ0) is 84.2. The van der Waals surface area contributed by atoms with Gasteiger partial charge in [-0.05, 0) is 86.8 Å². The van der Waals surface area contributed by atoms with Gasteiger partial charge >= 0.3 is 16.5 Å². The average molecular weight is 1680 g/mol. The molecular weight excluding hydrogens is 1470 g/mol. The van der Waals surface area contributed by atoms with E-state index in [0.717, 1.165) is 62.8 Å². The van der Waals surface area contributed by atoms with Gasteiger partial charge in [0.15, 0.2) is 0 Å². The summed E-state index contributed by atoms with van der Waals surface area (Å²) in [5, 5.41) is 0. The van der Waals surface area contributed by atoms with E-state index in [2.05, 4.69) is 104 Å². The van der Waals surface area contributed by atoms with Crippen molar-refractivity contribution in [2.24, 2.45) is 0 Å². The summed E-state index contributed by atoms with van der Waals surface area (Å²) in [6.07, 6.45) is 128. The Kier molecular flexibility index (Phi) is 95.6. The van der Waals surface area contributed by atoms with Crippen LogP contribution in [-0.4, -0.2) is 4.70 Å². The summed E-state index contributed by atoms with van der Waals surface area (Å²) in [6, 6.07) is 18.3. The molecule has 0 atom stereocenters. The largest absolute Gasteiger partial charge is 2.00 e. The van der Waals surface area contributed by atoms with Crippen LogP contribution >= 0.6 is 0 Å². The third kappa shape index (κ3) is 75.4. The Morgan fingerprint density at radius 3 is 0.534 bits per heavy atom. The van der Waals surface area contributed by atoms with Gasteiger partial charge in [0.2, 0.25) is 11.4 Å². The van der Waals surface area contributed by atoms with Crippen LogP contribution in [-0.2, 0) is 29.3 Å². The standard InChI is InChI=1S/C55H90N2.2C30H61.Ni/c1-5-9-13-16-18-19-20-21-22-23-24-25-26-27-28-29-30-31-34-39-49-41-37-43-51(47-49)55-53(45-35-32-17-14-10-6-2)52(44-12-8-4)54(57(55)56)50-42-36-40-48(46-50)38-33-15-11-7-3;2*1-3-5-7-9-11-13-15-17-19-21-23-25-27-29-30-28-26-24-22-20-18-16-14-12-10-8-6-4-2;/h36-37,40-43,46-47H,5-35,38-39,44-45H2,1-4H3;2*1,3-30H2,2H3;/q;2*-1;+2. The van der Waals surface area contributed by atoms with E-state index >= 15 is 0 Å². The number of hydrogen-bond acceptors (Lipinski definition) is 0. The second-order valence-corrected chi connectivity index (χ2v) is 38.0. The van der Waals surface area contributed by atoms with Gasteiger partial charge in [-0.15, -0.1) is 0 Å². The number of rotatable bonds is 91. The Morgan fingerprint density at radius 2 is 0.347 bits per heavy atom. The molecule has 0 spiro atoms. The van der Waals surface area contributed by atoms with Crippen LogP contribution in [0.1, 0.15) is 635 Å². The molecule has 118 heavy (non-hydrogen) atoms. The molecule has 3 rings (SSSR count). The topological polar surface area (TPSA) is 25.3 Å². The minimum atomic E-state index is 0. The SMILES string of the molecule is CCCCCCCCCCCCCCCCCCCCCc1cccc(C2=C(CCCCCCCC)C(CCCC)=C(c3cccc(CCCCCC)c3)[N+]2=[N-])c1.[CH2-]CCCCCCCCCCCCCCCCCCCCCCCCCCCCC.[CH2-]CCCCCCCCCCCCCCCCCCCCCCCCCCCCC.[Ni+2]. The van der Waals surface area contributed by atoms with Gasteiger partial charge in [0.1, 0.15) is 0 Å². The monoisotopic (exact) mass is 1680 g/mol. The van der Waals surface area contributed by atoms with Crippen LogP contribution in [0.15, 0.2) is 59.7 Å². The van der Waals surface area contributed by atoms with E-state index in [1.54, 1.807) is 4.70 Å². The molecule has 0 N–H and O–H groups in total. The first-order valence-corrected chi connectivity index (χ1v) is 54.7. The van der Waals surface area contributed by atoms with Crippen LogP contribution in [0.25, 0.3) is 16.9 Å². The summed E-state index contributed by atoms with van der Waals surface area (Å²) in [5.41, 5.74) is 22.3. The molecule has 1 heterocycles. The number of benzene rings is 2. The fourth-order valence-corrected chi connectivity index (χ4v) is 18.5. The molecule has 0 unspecified atom stereocenters. The van der Waals surface area contributed by atoms with Gasteiger partial charge in [-0.1, -0.05) is 586 Å². The first kappa shape index (κ1) is 116. The third-order valence-corrected chi connectivity index (χ3v) is 26.4. The molecule has 0 bridgehead atoms. The molecule has 1 aliphatic heterocycles. The second-order valence-electron chi connectivity index (χ2n) is 38.0. The fraction of sp³-hybridized carbons (Fsp3) is 0.843. The van der Waals surface area contributed by atoms with Crippen LogP contribution in [0.3, 0.4) is 0 Å². The number of nitrogens with zero attached hydrogens (tertiary/aromatic N) is 2. The summed E-state index contributed by atoms with van der Waals surface area (Å²) in [4.78, 5) is 0. The van der Waals surface area contributed by atoms with Crippen LogP contribution in [0.2, 0.25) is 0 Å². The van der Waals surface area contributed by atoms with E-state index in [-0.39, 0.29) is 16.5 Å². The van der Waals surface area contributed by atoms with Crippen molar-refractivity contribution in [3.63, 3.8) is 0 Å². The number of allylic oxidation sites excluding steroid dienone is 2. The summed E-state index contributed by atoms with van der Waals surface area (Å²) in [7, 11) is 0. The van der Waals surface area contributed by atoms with Crippen LogP contribution < -0.4 is 0 Å². The molecule has 0 fully saturated rings. The van der Waals surface area contributed by atoms with Crippen LogP contribution in [0.4, 0.5) is 0 Å². The molecule has 0 radical (unpaired) electrons. The predicted octanol–water partition coefficient (Wildman–Crippen LogP) is 42.4. The quantitative estimate of drug-likeness (QED) is 0.0273. The molecule has 2 aromatic rings. The summed E-state index contributed by atoms with van der Waals surface area (Å²) in [6.45, 7) is 21.6. The van der Waals surface area contributed by atoms with E-state index in [0.29, 0.717) is 0 Å². The number of hydrogen-bond donors (Lipinski definition) is 0. The maximum Gasteiger partial charge on any atom is 2.00 e. The Morgan fingerprint density at radius 1 is 0.195 bits per heavy atom. The average Bonchev–Trinajstić information content (AvgIpc) is 1.61. The van der Waals surface area contributed by atoms with Gasteiger partial charge in [0, 0.05) is 22.3 Å². The predicted molar refractivity (Wildman–Crippen MR) is 533 cm³/mol. The van der Waals surface area contributed by atoms with Gasteiger partial charge in [-0.25, -0.2) is 4.70 Å². The van der Waals surface area contributed by atoms with Crippen molar-refractivity contribution < 1.29 is 21.2 Å². The van der Waals surface area contributed by atoms with Gasteiger partial charge in [-0.2, -0.15) is 12.8 Å². The number of unbranched alkanes of at least 4 members (excludes halogenated alkanes) is 81. The molecule has 1 aliphatic rings. The normalized spacial score (nSPS) is 12.2. The van der Waals surface area contributed by atoms with E-state index in [1.165, 1.54) is 566 Å². The molecule has 0 aliphatic carbocycles. The minimum absolute atomic E-state index is 0. The van der Waals surface area contributed by atoms with Crippen molar-refractivity contribution in [2.45, 2.75) is 626 Å². The van der Waals surface area contributed by atoms with Gasteiger partial charge in [-0.3, -0.25) is 0 Å². The van der Waals surface area contributed by atoms with Crippen molar-refractivity contribution in [1.82, 2.24) is 0 Å². The molecule has 0 amide bonds. The Hall–Kier alpha value is -1.99. The van der Waals surface area contributed by atoms with E-state index < -0.39 is 0 Å². The molecule has 2 nitrogen and oxygen atoms in total. The molecule has 0 aromatic heterocycles.